The van der Waals surface area contributed by atoms with Crippen molar-refractivity contribution in [3.05, 3.63) is 101 Å². The minimum atomic E-state index is -0.972. The van der Waals surface area contributed by atoms with E-state index in [9.17, 15) is 23.6 Å². The van der Waals surface area contributed by atoms with E-state index < -0.39 is 23.8 Å². The topological polar surface area (TPSA) is 137 Å². The van der Waals surface area contributed by atoms with E-state index in [1.807, 2.05) is 29.3 Å². The lowest BCUT2D eigenvalue weighted by molar-refractivity contribution is -0.136. The van der Waals surface area contributed by atoms with Crippen molar-refractivity contribution in [1.29, 1.82) is 0 Å². The molecule has 2 aromatic carbocycles. The average Bonchev–Trinajstić information content (AvgIpc) is 4.05. The Morgan fingerprint density at radius 3 is 2.43 bits per heavy atom. The van der Waals surface area contributed by atoms with Crippen molar-refractivity contribution in [2.75, 3.05) is 68.7 Å². The van der Waals surface area contributed by atoms with Gasteiger partial charge in [-0.05, 0) is 91.8 Å². The molecule has 15 heteroatoms. The lowest BCUT2D eigenvalue weighted by Crippen LogP contribution is -2.54. The first-order chi connectivity index (χ1) is 28.3. The summed E-state index contributed by atoms with van der Waals surface area (Å²) in [6, 6.07) is 17.5. The number of carbonyl (C=O) groups excluding carboxylic acids is 4. The van der Waals surface area contributed by atoms with Gasteiger partial charge in [-0.1, -0.05) is 18.2 Å². The molecule has 4 fully saturated rings. The number of aliphatic imine (C=N–C) groups is 1. The smallest absolute Gasteiger partial charge is 0.262 e. The van der Waals surface area contributed by atoms with Crippen LogP contribution in [0.1, 0.15) is 76.2 Å². The maximum Gasteiger partial charge on any atom is 0.262 e. The summed E-state index contributed by atoms with van der Waals surface area (Å²) >= 11 is 0. The number of imide groups is 2. The Morgan fingerprint density at radius 2 is 1.59 bits per heavy atom. The van der Waals surface area contributed by atoms with Crippen molar-refractivity contribution < 1.29 is 23.6 Å². The second-order valence-electron chi connectivity index (χ2n) is 16.2. The molecule has 3 aromatic rings. The van der Waals surface area contributed by atoms with Gasteiger partial charge in [0.1, 0.15) is 35.4 Å². The Kier molecular flexibility index (Phi) is 9.26. The highest BCUT2D eigenvalue weighted by atomic mass is 19.1. The summed E-state index contributed by atoms with van der Waals surface area (Å²) in [6.07, 6.45) is 7.29. The molecule has 0 radical (unpaired) electrons. The van der Waals surface area contributed by atoms with Gasteiger partial charge >= 0.3 is 0 Å². The van der Waals surface area contributed by atoms with Crippen LogP contribution >= 0.6 is 0 Å². The highest BCUT2D eigenvalue weighted by Gasteiger charge is 2.45. The van der Waals surface area contributed by atoms with Gasteiger partial charge in [0.15, 0.2) is 0 Å². The molecule has 0 spiro atoms. The first kappa shape index (κ1) is 36.4. The number of likely N-dealkylation sites (tertiary alicyclic amines) is 1. The Labute approximate surface area is 335 Å². The van der Waals surface area contributed by atoms with E-state index in [0.29, 0.717) is 23.6 Å². The maximum atomic E-state index is 14.1. The molecule has 0 saturated carbocycles. The van der Waals surface area contributed by atoms with Crippen molar-refractivity contribution in [1.82, 2.24) is 30.0 Å². The molecule has 4 amide bonds. The molecule has 8 heterocycles. The fourth-order valence-electron chi connectivity index (χ4n) is 9.70. The molecule has 0 aliphatic carbocycles. The van der Waals surface area contributed by atoms with Gasteiger partial charge in [-0.2, -0.15) is 5.10 Å². The van der Waals surface area contributed by atoms with Crippen molar-refractivity contribution >= 4 is 46.8 Å². The molecule has 3 unspecified atom stereocenters. The number of rotatable bonds is 7. The molecule has 58 heavy (non-hydrogen) atoms. The predicted octanol–water partition coefficient (Wildman–Crippen LogP) is 3.75. The highest BCUT2D eigenvalue weighted by molar-refractivity contribution is 6.23. The van der Waals surface area contributed by atoms with E-state index in [-0.39, 0.29) is 36.6 Å². The molecular weight excluding hydrogens is 740 g/mol. The summed E-state index contributed by atoms with van der Waals surface area (Å²) in [6.45, 7) is 7.72. The minimum absolute atomic E-state index is 0.0812. The molecule has 1 N–H and O–H groups in total. The first-order valence-electron chi connectivity index (χ1n) is 20.4. The fourth-order valence-corrected chi connectivity index (χ4v) is 9.70. The summed E-state index contributed by atoms with van der Waals surface area (Å²) in [4.78, 5) is 71.1. The quantitative estimate of drug-likeness (QED) is 0.353. The van der Waals surface area contributed by atoms with E-state index >= 15 is 0 Å². The molecule has 298 valence electrons. The first-order valence-corrected chi connectivity index (χ1v) is 20.4. The summed E-state index contributed by atoms with van der Waals surface area (Å²) in [5, 5.41) is 9.36. The summed E-state index contributed by atoms with van der Waals surface area (Å²) in [5.74, 6) is 0.945. The SMILES string of the molecule is O=C1CCC(N2C(=O)c3ccc(N4CCC(CN5CCN(c6cccc(C7CN=C8C=CC(N9CCC[C@@H]9c9cccc(F)c9)=NN87)n6)CC5)C4)cc3C2=O)C(=O)N1. The molecule has 4 atom stereocenters. The summed E-state index contributed by atoms with van der Waals surface area (Å²) in [7, 11) is 0. The third-order valence-corrected chi connectivity index (χ3v) is 12.7. The van der Waals surface area contributed by atoms with Crippen LogP contribution in [0.3, 0.4) is 0 Å². The van der Waals surface area contributed by atoms with Crippen LogP contribution in [0.2, 0.25) is 0 Å². The van der Waals surface area contributed by atoms with Gasteiger partial charge < -0.3 is 14.7 Å². The number of nitrogens with zero attached hydrogens (tertiary/aromatic N) is 9. The molecular formula is C43H45FN10O4. The highest BCUT2D eigenvalue weighted by Crippen LogP contribution is 2.36. The van der Waals surface area contributed by atoms with Gasteiger partial charge in [-0.3, -0.25) is 39.3 Å². The number of benzene rings is 2. The number of piperazine rings is 1. The van der Waals surface area contributed by atoms with Crippen molar-refractivity contribution in [3.8, 4) is 0 Å². The lowest BCUT2D eigenvalue weighted by atomic mass is 10.0. The van der Waals surface area contributed by atoms with Crippen LogP contribution in [-0.2, 0) is 9.59 Å². The van der Waals surface area contributed by atoms with Gasteiger partial charge in [0.05, 0.1) is 29.4 Å². The van der Waals surface area contributed by atoms with E-state index in [1.165, 1.54) is 6.07 Å². The zero-order chi connectivity index (χ0) is 39.5. The molecule has 7 aliphatic heterocycles. The number of hydrogen-bond acceptors (Lipinski definition) is 12. The number of halogens is 1. The lowest BCUT2D eigenvalue weighted by Gasteiger charge is -2.37. The second-order valence-corrected chi connectivity index (χ2v) is 16.2. The zero-order valence-corrected chi connectivity index (χ0v) is 32.2. The molecule has 14 nitrogen and oxygen atoms in total. The number of aromatic nitrogens is 1. The molecule has 10 rings (SSSR count). The average molecular weight is 785 g/mol. The second kappa shape index (κ2) is 14.8. The number of pyridine rings is 1. The molecule has 0 bridgehead atoms. The van der Waals surface area contributed by atoms with Gasteiger partial charge in [0.25, 0.3) is 11.8 Å². The molecule has 1 aromatic heterocycles. The van der Waals surface area contributed by atoms with Crippen LogP contribution in [0, 0.1) is 11.7 Å². The molecule has 4 saturated heterocycles. The van der Waals surface area contributed by atoms with E-state index in [4.69, 9.17) is 15.1 Å². The van der Waals surface area contributed by atoms with Crippen LogP contribution in [0.25, 0.3) is 0 Å². The summed E-state index contributed by atoms with van der Waals surface area (Å²) < 4.78 is 14.1. The third-order valence-electron chi connectivity index (χ3n) is 12.7. The van der Waals surface area contributed by atoms with Crippen LogP contribution in [0.4, 0.5) is 15.9 Å². The normalized spacial score (nSPS) is 26.1. The van der Waals surface area contributed by atoms with E-state index in [2.05, 4.69) is 43.1 Å². The number of nitrogens with one attached hydrogen (secondary N) is 1. The van der Waals surface area contributed by atoms with E-state index in [0.717, 1.165) is 111 Å². The van der Waals surface area contributed by atoms with Crippen LogP contribution in [0.5, 0.6) is 0 Å². The number of hydrazone groups is 1. The number of carbonyl (C=O) groups is 4. The summed E-state index contributed by atoms with van der Waals surface area (Å²) in [5.41, 5.74) is 3.42. The van der Waals surface area contributed by atoms with Crippen LogP contribution in [-0.4, -0.2) is 125 Å². The maximum absolute atomic E-state index is 14.1. The minimum Gasteiger partial charge on any atom is -0.371 e. The number of fused-ring (bicyclic) bond motifs is 2. The Hall–Kier alpha value is -5.96. The third kappa shape index (κ3) is 6.60. The van der Waals surface area contributed by atoms with Crippen molar-refractivity contribution in [3.63, 3.8) is 0 Å². The monoisotopic (exact) mass is 784 g/mol. The predicted molar refractivity (Wildman–Crippen MR) is 215 cm³/mol. The fraction of sp³-hybridized carbons (Fsp3) is 0.419. The van der Waals surface area contributed by atoms with Gasteiger partial charge in [-0.15, -0.1) is 0 Å². The number of hydrogen-bond donors (Lipinski definition) is 1. The number of amides is 4. The largest absolute Gasteiger partial charge is 0.371 e. The van der Waals surface area contributed by atoms with Crippen molar-refractivity contribution in [2.45, 2.75) is 50.2 Å². The van der Waals surface area contributed by atoms with Gasteiger partial charge in [-0.25, -0.2) is 14.4 Å². The van der Waals surface area contributed by atoms with E-state index in [1.54, 1.807) is 24.3 Å². The number of amidine groups is 2. The standard InChI is InChI=1S/C43H45FN10O4/c44-29-5-1-4-28(22-29)34-7-3-16-52(34)39-13-12-37-45-24-36(54(37)48-39)33-6-2-8-38(46-33)50-20-18-49(19-21-50)25-27-15-17-51(26-27)30-9-10-31-32(23-30)43(58)53(42(31)57)35-11-14-40(55)47-41(35)56/h1-2,4-6,8-10,12-13,22-23,27,34-36H,3,7,11,14-21,24-26H2,(H,47,55,56)/t27?,34-,35?,36?/m1/s1. The van der Waals surface area contributed by atoms with Gasteiger partial charge in [0, 0.05) is 64.5 Å². The van der Waals surface area contributed by atoms with Crippen molar-refractivity contribution in [2.24, 2.45) is 16.0 Å². The van der Waals surface area contributed by atoms with Crippen LogP contribution in [0.15, 0.2) is 82.9 Å². The number of anilines is 2. The Balaban J connectivity index is 0.744. The zero-order valence-electron chi connectivity index (χ0n) is 32.2. The van der Waals surface area contributed by atoms with Crippen LogP contribution < -0.4 is 15.1 Å². The van der Waals surface area contributed by atoms with Gasteiger partial charge in [0.2, 0.25) is 11.8 Å². The Bertz CT molecular complexity index is 2290. The Morgan fingerprint density at radius 1 is 0.759 bits per heavy atom. The molecule has 7 aliphatic rings. The number of piperidine rings is 1.